The minimum Gasteiger partial charge on any atom is -0.296 e. The molecule has 18 heavy (non-hydrogen) atoms. The van der Waals surface area contributed by atoms with E-state index in [1.165, 1.54) is 0 Å². The summed E-state index contributed by atoms with van der Waals surface area (Å²) in [5.74, 6) is -0.371. The zero-order chi connectivity index (χ0) is 12.8. The van der Waals surface area contributed by atoms with Gasteiger partial charge in [-0.05, 0) is 30.7 Å². The largest absolute Gasteiger partial charge is 0.296 e. The number of hydrogen-bond donors (Lipinski definition) is 1. The lowest BCUT2D eigenvalue weighted by molar-refractivity contribution is -0.143. The highest BCUT2D eigenvalue weighted by molar-refractivity contribution is 6.02. The topological polar surface area (TPSA) is 46.2 Å². The summed E-state index contributed by atoms with van der Waals surface area (Å²) in [4.78, 5) is 23.8. The lowest BCUT2D eigenvalue weighted by Crippen LogP contribution is -2.53. The molecule has 0 bridgehead atoms. The van der Waals surface area contributed by atoms with Gasteiger partial charge in [-0.15, -0.1) is 0 Å². The molecule has 0 aromatic heterocycles. The van der Waals surface area contributed by atoms with Crippen molar-refractivity contribution in [3.8, 4) is 0 Å². The maximum absolute atomic E-state index is 12.2. The van der Waals surface area contributed by atoms with Crippen LogP contribution in [0, 0.1) is 12.3 Å². The number of carbonyl (C=O) groups is 2. The minimum atomic E-state index is -0.149. The third-order valence-electron chi connectivity index (χ3n) is 4.37. The zero-order valence-corrected chi connectivity index (χ0v) is 10.5. The monoisotopic (exact) mass is 243 g/mol. The summed E-state index contributed by atoms with van der Waals surface area (Å²) in [7, 11) is 0. The average molecular weight is 243 g/mol. The van der Waals surface area contributed by atoms with E-state index < -0.39 is 0 Å². The Bertz CT molecular complexity index is 517. The third-order valence-corrected chi connectivity index (χ3v) is 4.37. The van der Waals surface area contributed by atoms with Gasteiger partial charge in [0.05, 0.1) is 5.92 Å². The molecule has 3 rings (SSSR count). The maximum atomic E-state index is 12.2. The normalized spacial score (nSPS) is 25.7. The Morgan fingerprint density at radius 2 is 2.06 bits per heavy atom. The predicted molar refractivity (Wildman–Crippen MR) is 68.0 cm³/mol. The first kappa shape index (κ1) is 11.5. The molecule has 94 valence electrons. The number of benzene rings is 1. The fraction of sp³-hybridized carbons (Fsp3) is 0.467. The predicted octanol–water partition coefficient (Wildman–Crippen LogP) is 2.30. The van der Waals surface area contributed by atoms with Crippen LogP contribution in [0.15, 0.2) is 24.3 Å². The summed E-state index contributed by atoms with van der Waals surface area (Å²) >= 11 is 0. The number of piperidine rings is 1. The van der Waals surface area contributed by atoms with E-state index in [1.807, 2.05) is 25.1 Å². The second-order valence-corrected chi connectivity index (χ2v) is 5.65. The molecule has 1 aromatic rings. The van der Waals surface area contributed by atoms with Crippen molar-refractivity contribution in [2.75, 3.05) is 0 Å². The highest BCUT2D eigenvalue weighted by Gasteiger charge is 2.52. The van der Waals surface area contributed by atoms with Crippen LogP contribution in [0.2, 0.25) is 0 Å². The van der Waals surface area contributed by atoms with Crippen LogP contribution < -0.4 is 5.32 Å². The van der Waals surface area contributed by atoms with Crippen molar-refractivity contribution >= 4 is 11.8 Å². The zero-order valence-electron chi connectivity index (χ0n) is 10.5. The van der Waals surface area contributed by atoms with E-state index in [1.54, 1.807) is 0 Å². The van der Waals surface area contributed by atoms with E-state index in [0.717, 1.165) is 30.4 Å². The van der Waals surface area contributed by atoms with E-state index in [-0.39, 0.29) is 23.1 Å². The molecule has 2 fully saturated rings. The Kier molecular flexibility index (Phi) is 2.51. The summed E-state index contributed by atoms with van der Waals surface area (Å²) in [5.41, 5.74) is 2.11. The van der Waals surface area contributed by atoms with Gasteiger partial charge in [0.25, 0.3) is 0 Å². The molecule has 2 amide bonds. The van der Waals surface area contributed by atoms with Crippen LogP contribution in [0.5, 0.6) is 0 Å². The number of rotatable bonds is 1. The van der Waals surface area contributed by atoms with Crippen LogP contribution in [0.1, 0.15) is 42.7 Å². The van der Waals surface area contributed by atoms with Gasteiger partial charge in [-0.25, -0.2) is 0 Å². The fourth-order valence-electron chi connectivity index (χ4n) is 3.40. The molecule has 1 aromatic carbocycles. The number of nitrogens with one attached hydrogen (secondary N) is 1. The van der Waals surface area contributed by atoms with Crippen LogP contribution in [0.3, 0.4) is 0 Å². The summed E-state index contributed by atoms with van der Waals surface area (Å²) in [6.07, 6.45) is 3.61. The van der Waals surface area contributed by atoms with Crippen molar-refractivity contribution in [2.45, 2.75) is 38.5 Å². The molecule has 3 nitrogen and oxygen atoms in total. The number of imide groups is 1. The summed E-state index contributed by atoms with van der Waals surface area (Å²) in [6, 6.07) is 8.09. The van der Waals surface area contributed by atoms with Crippen LogP contribution in [0.25, 0.3) is 0 Å². The van der Waals surface area contributed by atoms with Crippen molar-refractivity contribution in [1.29, 1.82) is 0 Å². The first-order valence-corrected chi connectivity index (χ1v) is 6.51. The quantitative estimate of drug-likeness (QED) is 0.769. The van der Waals surface area contributed by atoms with Crippen LogP contribution in [0.4, 0.5) is 0 Å². The summed E-state index contributed by atoms with van der Waals surface area (Å²) < 4.78 is 0. The third kappa shape index (κ3) is 1.65. The maximum Gasteiger partial charge on any atom is 0.234 e. The Morgan fingerprint density at radius 3 is 2.67 bits per heavy atom. The number of amides is 2. The standard InChI is InChI=1S/C15H17NO2/c1-10-4-2-5-11(8-10)13-14(18)16-12(17)9-15(13)6-3-7-15/h2,4-5,8,13H,3,6-7,9H2,1H3,(H,16,17,18). The second kappa shape index (κ2) is 3.94. The first-order valence-electron chi connectivity index (χ1n) is 6.51. The van der Waals surface area contributed by atoms with E-state index in [4.69, 9.17) is 0 Å². The number of hydrogen-bond acceptors (Lipinski definition) is 2. The van der Waals surface area contributed by atoms with Crippen LogP contribution in [-0.2, 0) is 9.59 Å². The molecular formula is C15H17NO2. The molecule has 1 atom stereocenters. The van der Waals surface area contributed by atoms with Crippen LogP contribution in [-0.4, -0.2) is 11.8 Å². The van der Waals surface area contributed by atoms with E-state index >= 15 is 0 Å². The number of aryl methyl sites for hydroxylation is 1. The lowest BCUT2D eigenvalue weighted by Gasteiger charge is -2.49. The smallest absolute Gasteiger partial charge is 0.234 e. The lowest BCUT2D eigenvalue weighted by atomic mass is 9.56. The van der Waals surface area contributed by atoms with Gasteiger partial charge >= 0.3 is 0 Å². The summed E-state index contributed by atoms with van der Waals surface area (Å²) in [6.45, 7) is 2.03. The highest BCUT2D eigenvalue weighted by Crippen LogP contribution is 2.55. The molecule has 1 unspecified atom stereocenters. The van der Waals surface area contributed by atoms with Gasteiger partial charge in [0.2, 0.25) is 11.8 Å². The van der Waals surface area contributed by atoms with E-state index in [9.17, 15) is 9.59 Å². The molecule has 0 radical (unpaired) electrons. The molecule has 1 heterocycles. The molecule has 3 heteroatoms. The van der Waals surface area contributed by atoms with Crippen LogP contribution >= 0.6 is 0 Å². The van der Waals surface area contributed by atoms with Crippen molar-refractivity contribution in [3.05, 3.63) is 35.4 Å². The molecule has 1 saturated heterocycles. The van der Waals surface area contributed by atoms with Gasteiger partial charge < -0.3 is 0 Å². The van der Waals surface area contributed by atoms with Crippen molar-refractivity contribution in [3.63, 3.8) is 0 Å². The van der Waals surface area contributed by atoms with Gasteiger partial charge in [-0.1, -0.05) is 36.2 Å². The molecule has 1 spiro atoms. The molecule has 1 saturated carbocycles. The number of carbonyl (C=O) groups excluding carboxylic acids is 2. The molecule has 1 N–H and O–H groups in total. The Hall–Kier alpha value is -1.64. The fourth-order valence-corrected chi connectivity index (χ4v) is 3.40. The van der Waals surface area contributed by atoms with Crippen molar-refractivity contribution < 1.29 is 9.59 Å². The Labute approximate surface area is 107 Å². The summed E-state index contributed by atoms with van der Waals surface area (Å²) in [5, 5.41) is 2.49. The molecular weight excluding hydrogens is 226 g/mol. The average Bonchev–Trinajstić information content (AvgIpc) is 2.25. The van der Waals surface area contributed by atoms with Gasteiger partial charge in [-0.3, -0.25) is 14.9 Å². The minimum absolute atomic E-state index is 0.104. The molecule has 1 aliphatic heterocycles. The Balaban J connectivity index is 2.02. The van der Waals surface area contributed by atoms with Gasteiger partial charge in [0.15, 0.2) is 0 Å². The second-order valence-electron chi connectivity index (χ2n) is 5.65. The molecule has 1 aliphatic carbocycles. The van der Waals surface area contributed by atoms with Crippen molar-refractivity contribution in [1.82, 2.24) is 5.32 Å². The van der Waals surface area contributed by atoms with E-state index in [0.29, 0.717) is 6.42 Å². The van der Waals surface area contributed by atoms with E-state index in [2.05, 4.69) is 11.4 Å². The van der Waals surface area contributed by atoms with Gasteiger partial charge in [0, 0.05) is 6.42 Å². The molecule has 2 aliphatic rings. The van der Waals surface area contributed by atoms with Gasteiger partial charge in [0.1, 0.15) is 0 Å². The first-order chi connectivity index (χ1) is 8.61. The van der Waals surface area contributed by atoms with Crippen molar-refractivity contribution in [2.24, 2.45) is 5.41 Å². The van der Waals surface area contributed by atoms with Gasteiger partial charge in [-0.2, -0.15) is 0 Å². The SMILES string of the molecule is Cc1cccc(C2C(=O)NC(=O)CC23CCC3)c1. The highest BCUT2D eigenvalue weighted by atomic mass is 16.2. The Morgan fingerprint density at radius 1 is 1.28 bits per heavy atom.